The molecule has 0 bridgehead atoms. The van der Waals surface area contributed by atoms with Crippen molar-refractivity contribution in [3.63, 3.8) is 0 Å². The molecule has 9 heteroatoms. The summed E-state index contributed by atoms with van der Waals surface area (Å²) in [5.74, 6) is 2.16. The van der Waals surface area contributed by atoms with Crippen molar-refractivity contribution in [3.8, 4) is 40.5 Å². The summed E-state index contributed by atoms with van der Waals surface area (Å²) in [5.41, 5.74) is 2.53. The second kappa shape index (κ2) is 8.80. The van der Waals surface area contributed by atoms with Crippen LogP contribution in [0.3, 0.4) is 0 Å². The van der Waals surface area contributed by atoms with Gasteiger partial charge in [0.05, 0.1) is 35.0 Å². The molecule has 0 unspecified atom stereocenters. The fourth-order valence-electron chi connectivity index (χ4n) is 4.32. The zero-order chi connectivity index (χ0) is 24.6. The fraction of sp³-hybridized carbons (Fsp3) is 0.192. The van der Waals surface area contributed by atoms with Crippen molar-refractivity contribution >= 4 is 16.9 Å². The first-order valence-corrected chi connectivity index (χ1v) is 10.9. The number of nitrogens with zero attached hydrogens (tertiary/aromatic N) is 3. The van der Waals surface area contributed by atoms with Crippen LogP contribution in [0.4, 0.5) is 13.2 Å². The van der Waals surface area contributed by atoms with Crippen LogP contribution in [-0.4, -0.2) is 45.0 Å². The van der Waals surface area contributed by atoms with Gasteiger partial charge < -0.3 is 14.6 Å². The molecule has 1 aliphatic heterocycles. The highest BCUT2D eigenvalue weighted by Gasteiger charge is 2.32. The molecule has 35 heavy (non-hydrogen) atoms. The number of fused-ring (bicyclic) bond motifs is 1. The second-order valence-electron chi connectivity index (χ2n) is 8.15. The number of nitrogens with one attached hydrogen (secondary N) is 1. The molecule has 1 saturated heterocycles. The van der Waals surface area contributed by atoms with E-state index >= 15 is 0 Å². The van der Waals surface area contributed by atoms with Crippen molar-refractivity contribution in [2.45, 2.75) is 18.7 Å². The number of carbonyl (C=O) groups is 1. The third kappa shape index (κ3) is 4.30. The number of pyridine rings is 2. The number of H-pyrrole nitrogens is 1. The Bertz CT molecular complexity index is 1460. The van der Waals surface area contributed by atoms with Crippen LogP contribution in [-0.2, 0) is 11.0 Å². The van der Waals surface area contributed by atoms with Crippen molar-refractivity contribution in [3.05, 3.63) is 66.6 Å². The fourth-order valence-corrected chi connectivity index (χ4v) is 4.32. The molecule has 1 amide bonds. The van der Waals surface area contributed by atoms with Gasteiger partial charge in [0.25, 0.3) is 5.91 Å². The zero-order valence-electron chi connectivity index (χ0n) is 18.3. The van der Waals surface area contributed by atoms with Gasteiger partial charge in [0.2, 0.25) is 0 Å². The molecule has 4 aromatic rings. The molecular formula is C26H19F3N4O2. The number of hydrogen-bond donors (Lipinski definition) is 1. The van der Waals surface area contributed by atoms with Crippen molar-refractivity contribution in [1.29, 1.82) is 0 Å². The standard InChI is InChI=1S/C26H19F3N4O2/c1-2-22(34)33-12-9-18(15-33)35-21-14-30-11-8-19(21)24-23(25-20(32-24)7-4-10-31-25)16-5-3-6-17(13-16)26(27,28)29/h1,3-8,10-11,13-14,18,32H,9,12,15H2/t18-/m1/s1. The van der Waals surface area contributed by atoms with Gasteiger partial charge in [0.15, 0.2) is 0 Å². The van der Waals surface area contributed by atoms with Gasteiger partial charge >= 0.3 is 6.18 Å². The number of alkyl halides is 3. The predicted molar refractivity (Wildman–Crippen MR) is 124 cm³/mol. The smallest absolute Gasteiger partial charge is 0.416 e. The lowest BCUT2D eigenvalue weighted by Gasteiger charge is -2.17. The Balaban J connectivity index is 1.60. The van der Waals surface area contributed by atoms with E-state index in [1.54, 1.807) is 41.7 Å². The normalized spacial score (nSPS) is 15.8. The van der Waals surface area contributed by atoms with Gasteiger partial charge in [-0.2, -0.15) is 13.2 Å². The number of aromatic amines is 1. The summed E-state index contributed by atoms with van der Waals surface area (Å²) in [6, 6.07) is 10.4. The molecule has 176 valence electrons. The van der Waals surface area contributed by atoms with Crippen LogP contribution in [0.15, 0.2) is 61.1 Å². The highest BCUT2D eigenvalue weighted by Crippen LogP contribution is 2.42. The Morgan fingerprint density at radius 3 is 2.86 bits per heavy atom. The van der Waals surface area contributed by atoms with Crippen LogP contribution >= 0.6 is 0 Å². The van der Waals surface area contributed by atoms with Crippen LogP contribution in [0, 0.1) is 12.3 Å². The molecule has 6 nitrogen and oxygen atoms in total. The number of rotatable bonds is 4. The number of hydrogen-bond acceptors (Lipinski definition) is 4. The minimum absolute atomic E-state index is 0.297. The third-order valence-corrected chi connectivity index (χ3v) is 5.94. The van der Waals surface area contributed by atoms with Crippen molar-refractivity contribution in [2.24, 2.45) is 0 Å². The molecule has 1 aliphatic rings. The minimum atomic E-state index is -4.48. The Kier molecular flexibility index (Phi) is 5.65. The Morgan fingerprint density at radius 1 is 1.20 bits per heavy atom. The quantitative estimate of drug-likeness (QED) is 0.425. The van der Waals surface area contributed by atoms with Crippen LogP contribution in [0.2, 0.25) is 0 Å². The SMILES string of the molecule is C#CC(=O)N1CC[C@@H](Oc2cnccc2-c2[nH]c3cccnc3c2-c2cccc(C(F)(F)F)c2)C1. The van der Waals surface area contributed by atoms with Crippen LogP contribution < -0.4 is 4.74 Å². The maximum atomic E-state index is 13.5. The van der Waals surface area contributed by atoms with Gasteiger partial charge in [-0.05, 0) is 41.8 Å². The molecular weight excluding hydrogens is 457 g/mol. The van der Waals surface area contributed by atoms with Crippen molar-refractivity contribution in [2.75, 3.05) is 13.1 Å². The average molecular weight is 476 g/mol. The van der Waals surface area contributed by atoms with E-state index in [0.29, 0.717) is 58.7 Å². The highest BCUT2D eigenvalue weighted by atomic mass is 19.4. The number of amides is 1. The number of ether oxygens (including phenoxy) is 1. The van der Waals surface area contributed by atoms with Gasteiger partial charge in [-0.1, -0.05) is 12.1 Å². The lowest BCUT2D eigenvalue weighted by molar-refractivity contribution is -0.137. The molecule has 1 N–H and O–H groups in total. The van der Waals surface area contributed by atoms with Gasteiger partial charge in [0, 0.05) is 36.5 Å². The van der Waals surface area contributed by atoms with Gasteiger partial charge in [-0.3, -0.25) is 14.8 Å². The van der Waals surface area contributed by atoms with E-state index in [9.17, 15) is 18.0 Å². The second-order valence-corrected chi connectivity index (χ2v) is 8.15. The van der Waals surface area contributed by atoms with E-state index in [-0.39, 0.29) is 6.10 Å². The van der Waals surface area contributed by atoms with Crippen LogP contribution in [0.1, 0.15) is 12.0 Å². The first-order chi connectivity index (χ1) is 16.8. The predicted octanol–water partition coefficient (Wildman–Crippen LogP) is 4.92. The molecule has 0 aliphatic carbocycles. The zero-order valence-corrected chi connectivity index (χ0v) is 18.3. The Morgan fingerprint density at radius 2 is 2.06 bits per heavy atom. The lowest BCUT2D eigenvalue weighted by Crippen LogP contribution is -2.29. The summed E-state index contributed by atoms with van der Waals surface area (Å²) in [6.07, 6.45) is 5.77. The first kappa shape index (κ1) is 22.5. The summed E-state index contributed by atoms with van der Waals surface area (Å²) < 4.78 is 46.6. The number of benzene rings is 1. The molecule has 3 aromatic heterocycles. The number of likely N-dealkylation sites (tertiary alicyclic amines) is 1. The molecule has 0 radical (unpaired) electrons. The van der Waals surface area contributed by atoms with Crippen LogP contribution in [0.5, 0.6) is 5.75 Å². The van der Waals surface area contributed by atoms with Crippen molar-refractivity contribution < 1.29 is 22.7 Å². The largest absolute Gasteiger partial charge is 0.486 e. The topological polar surface area (TPSA) is 71.1 Å². The summed E-state index contributed by atoms with van der Waals surface area (Å²) in [5, 5.41) is 0. The van der Waals surface area contributed by atoms with E-state index in [2.05, 4.69) is 20.9 Å². The summed E-state index contributed by atoms with van der Waals surface area (Å²) in [7, 11) is 0. The lowest BCUT2D eigenvalue weighted by atomic mass is 9.98. The Hall–Kier alpha value is -4.32. The number of terminal acetylenes is 1. The number of carbonyl (C=O) groups excluding carboxylic acids is 1. The maximum Gasteiger partial charge on any atom is 0.416 e. The maximum absolute atomic E-state index is 13.5. The van der Waals surface area contributed by atoms with Crippen LogP contribution in [0.25, 0.3) is 33.4 Å². The molecule has 1 atom stereocenters. The van der Waals surface area contributed by atoms with E-state index < -0.39 is 17.6 Å². The summed E-state index contributed by atoms with van der Waals surface area (Å²) in [4.78, 5) is 25.3. The number of halogens is 3. The van der Waals surface area contributed by atoms with E-state index in [4.69, 9.17) is 11.2 Å². The monoisotopic (exact) mass is 476 g/mol. The number of aromatic nitrogens is 3. The molecule has 4 heterocycles. The van der Waals surface area contributed by atoms with Crippen molar-refractivity contribution in [1.82, 2.24) is 19.9 Å². The molecule has 5 rings (SSSR count). The molecule has 1 fully saturated rings. The molecule has 0 spiro atoms. The Labute approximate surface area is 198 Å². The third-order valence-electron chi connectivity index (χ3n) is 5.94. The summed E-state index contributed by atoms with van der Waals surface area (Å²) >= 11 is 0. The average Bonchev–Trinajstić information content (AvgIpc) is 3.48. The van der Waals surface area contributed by atoms with E-state index in [0.717, 1.165) is 12.1 Å². The van der Waals surface area contributed by atoms with E-state index in [1.807, 2.05) is 6.07 Å². The summed E-state index contributed by atoms with van der Waals surface area (Å²) in [6.45, 7) is 0.821. The highest BCUT2D eigenvalue weighted by molar-refractivity contribution is 6.02. The van der Waals surface area contributed by atoms with Gasteiger partial charge in [-0.25, -0.2) is 0 Å². The minimum Gasteiger partial charge on any atom is -0.486 e. The van der Waals surface area contributed by atoms with Gasteiger partial charge in [0.1, 0.15) is 11.9 Å². The molecule has 1 aromatic carbocycles. The van der Waals surface area contributed by atoms with E-state index in [1.165, 1.54) is 6.07 Å². The first-order valence-electron chi connectivity index (χ1n) is 10.9. The van der Waals surface area contributed by atoms with Gasteiger partial charge in [-0.15, -0.1) is 6.42 Å². The molecule has 0 saturated carbocycles.